The second-order valence-electron chi connectivity index (χ2n) is 19.9. The summed E-state index contributed by atoms with van der Waals surface area (Å²) in [6.45, 7) is 7.61. The average Bonchev–Trinajstić information content (AvgIpc) is 3.38. The fourth-order valence-electron chi connectivity index (χ4n) is 8.27. The van der Waals surface area contributed by atoms with Gasteiger partial charge in [-0.3, -0.25) is 9.59 Å². The summed E-state index contributed by atoms with van der Waals surface area (Å²) in [5.74, 6) is -0.501. The van der Waals surface area contributed by atoms with E-state index in [1.165, 1.54) is 154 Å². The fourth-order valence-corrected chi connectivity index (χ4v) is 8.27. The lowest BCUT2D eigenvalue weighted by Crippen LogP contribution is -2.30. The molecule has 0 N–H and O–H groups in total. The van der Waals surface area contributed by atoms with E-state index >= 15 is 0 Å². The molecule has 72 heavy (non-hydrogen) atoms. The molecule has 0 rings (SSSR count). The van der Waals surface area contributed by atoms with Gasteiger partial charge in [0.2, 0.25) is 0 Å². The Morgan fingerprint density at radius 1 is 0.319 bits per heavy atom. The van der Waals surface area contributed by atoms with E-state index in [-0.39, 0.29) is 25.2 Å². The van der Waals surface area contributed by atoms with Gasteiger partial charge in [-0.2, -0.15) is 0 Å². The number of unbranched alkanes of at least 4 members (excludes halogenated alkanes) is 26. The maximum atomic E-state index is 12.9. The van der Waals surface area contributed by atoms with Crippen molar-refractivity contribution in [1.29, 1.82) is 0 Å². The van der Waals surface area contributed by atoms with Crippen molar-refractivity contribution in [2.24, 2.45) is 0 Å². The Hall–Kier alpha value is -3.44. The first-order valence-corrected chi connectivity index (χ1v) is 30.4. The second kappa shape index (κ2) is 61.9. The third-order valence-corrected chi connectivity index (χ3v) is 12.8. The highest BCUT2D eigenvalue weighted by Gasteiger charge is 2.17. The lowest BCUT2D eigenvalue weighted by molar-refractivity contribution is -0.162. The molecule has 0 heterocycles. The largest absolute Gasteiger partial charge is 0.462 e. The van der Waals surface area contributed by atoms with Crippen LogP contribution in [-0.4, -0.2) is 37.9 Å². The van der Waals surface area contributed by atoms with Crippen molar-refractivity contribution in [3.8, 4) is 0 Å². The Labute approximate surface area is 446 Å². The molecule has 0 bridgehead atoms. The van der Waals surface area contributed by atoms with Crippen LogP contribution in [0.2, 0.25) is 0 Å². The van der Waals surface area contributed by atoms with Crippen molar-refractivity contribution in [2.75, 3.05) is 19.8 Å². The molecule has 0 fully saturated rings. The molecule has 5 nitrogen and oxygen atoms in total. The normalized spacial score (nSPS) is 13.0. The van der Waals surface area contributed by atoms with Gasteiger partial charge in [0.25, 0.3) is 0 Å². The minimum atomic E-state index is -0.579. The molecular formula is C67H114O5. The summed E-state index contributed by atoms with van der Waals surface area (Å²) in [5, 5.41) is 0. The SMILES string of the molecule is CC/C=C\C/C=C\C/C=C\C/C=C\C/C=C\C/C=C\CCC(=O)OCC(COCCCCCCCCCCCC/C=C\CCCCCCCC)OC(=O)CCCCCCCCC/C=C\C/C=C\CCCCC. The molecule has 1 unspecified atom stereocenters. The van der Waals surface area contributed by atoms with Gasteiger partial charge in [-0.05, 0) is 116 Å². The van der Waals surface area contributed by atoms with Crippen LogP contribution in [0, 0.1) is 0 Å². The minimum Gasteiger partial charge on any atom is -0.462 e. The van der Waals surface area contributed by atoms with Crippen LogP contribution < -0.4 is 0 Å². The molecular weight excluding hydrogens is 885 g/mol. The Kier molecular flexibility index (Phi) is 58.9. The molecule has 0 amide bonds. The summed E-state index contributed by atoms with van der Waals surface area (Å²) >= 11 is 0. The van der Waals surface area contributed by atoms with E-state index in [9.17, 15) is 9.59 Å². The van der Waals surface area contributed by atoms with Gasteiger partial charge in [0, 0.05) is 19.4 Å². The molecule has 0 spiro atoms. The molecule has 0 radical (unpaired) electrons. The van der Waals surface area contributed by atoms with Gasteiger partial charge in [-0.1, -0.05) is 259 Å². The predicted molar refractivity (Wildman–Crippen MR) is 316 cm³/mol. The van der Waals surface area contributed by atoms with Crippen LogP contribution in [0.1, 0.15) is 278 Å². The molecule has 0 aromatic heterocycles. The van der Waals surface area contributed by atoms with Crippen LogP contribution in [0.15, 0.2) is 109 Å². The first kappa shape index (κ1) is 68.6. The van der Waals surface area contributed by atoms with Crippen LogP contribution in [0.4, 0.5) is 0 Å². The Morgan fingerprint density at radius 3 is 1.10 bits per heavy atom. The number of hydrogen-bond donors (Lipinski definition) is 0. The van der Waals surface area contributed by atoms with Crippen LogP contribution in [-0.2, 0) is 23.8 Å². The van der Waals surface area contributed by atoms with Crippen molar-refractivity contribution >= 4 is 11.9 Å². The van der Waals surface area contributed by atoms with Crippen LogP contribution in [0.25, 0.3) is 0 Å². The fraction of sp³-hybridized carbons (Fsp3) is 0.701. The zero-order valence-corrected chi connectivity index (χ0v) is 47.4. The second-order valence-corrected chi connectivity index (χ2v) is 19.9. The minimum absolute atomic E-state index is 0.0369. The third kappa shape index (κ3) is 59.1. The molecule has 0 saturated heterocycles. The molecule has 0 aromatic rings. The van der Waals surface area contributed by atoms with Crippen molar-refractivity contribution < 1.29 is 23.8 Å². The highest BCUT2D eigenvalue weighted by Crippen LogP contribution is 2.15. The van der Waals surface area contributed by atoms with Gasteiger partial charge in [-0.25, -0.2) is 0 Å². The summed E-state index contributed by atoms with van der Waals surface area (Å²) in [7, 11) is 0. The van der Waals surface area contributed by atoms with E-state index in [0.29, 0.717) is 25.9 Å². The molecule has 0 aliphatic heterocycles. The van der Waals surface area contributed by atoms with E-state index in [2.05, 4.69) is 124 Å². The Bertz CT molecular complexity index is 1410. The molecule has 0 saturated carbocycles. The van der Waals surface area contributed by atoms with E-state index in [0.717, 1.165) is 83.5 Å². The number of esters is 2. The monoisotopic (exact) mass is 999 g/mol. The maximum Gasteiger partial charge on any atom is 0.306 e. The maximum absolute atomic E-state index is 12.9. The molecule has 0 aliphatic carbocycles. The van der Waals surface area contributed by atoms with E-state index < -0.39 is 6.10 Å². The highest BCUT2D eigenvalue weighted by atomic mass is 16.6. The summed E-state index contributed by atoms with van der Waals surface area (Å²) in [6, 6.07) is 0. The van der Waals surface area contributed by atoms with Crippen LogP contribution in [0.3, 0.4) is 0 Å². The van der Waals surface area contributed by atoms with E-state index in [4.69, 9.17) is 14.2 Å². The van der Waals surface area contributed by atoms with Gasteiger partial charge < -0.3 is 14.2 Å². The zero-order chi connectivity index (χ0) is 52.0. The van der Waals surface area contributed by atoms with E-state index in [1.54, 1.807) is 0 Å². The lowest BCUT2D eigenvalue weighted by Gasteiger charge is -2.18. The van der Waals surface area contributed by atoms with Gasteiger partial charge in [0.15, 0.2) is 6.10 Å². The van der Waals surface area contributed by atoms with Crippen LogP contribution >= 0.6 is 0 Å². The topological polar surface area (TPSA) is 61.8 Å². The summed E-state index contributed by atoms with van der Waals surface area (Å²) in [4.78, 5) is 25.5. The first-order chi connectivity index (χ1) is 35.6. The van der Waals surface area contributed by atoms with Crippen molar-refractivity contribution in [1.82, 2.24) is 0 Å². The predicted octanol–water partition coefficient (Wildman–Crippen LogP) is 21.1. The quantitative estimate of drug-likeness (QED) is 0.0345. The zero-order valence-electron chi connectivity index (χ0n) is 47.4. The standard InChI is InChI=1S/C67H114O5/c1-4-7-10-13-16-19-22-25-28-31-33-35-38-41-44-47-50-53-56-59-62-70-63-65(72-67(69)61-58-55-52-49-46-43-40-36-30-27-24-21-18-15-12-9-6-3)64-71-66(68)60-57-54-51-48-45-42-39-37-34-32-29-26-23-20-17-14-11-8-5-2/h8,11,17-18,20-21,25-30,34,37,42,45,51,54,65H,4-7,9-10,12-16,19,22-24,31-33,35-36,38-41,43-44,46-50,52-53,55-64H2,1-3H3/b11-8-,20-17-,21-18-,28-25-,29-26-,30-27-,37-34-,45-42-,54-51-. The third-order valence-electron chi connectivity index (χ3n) is 12.8. The Balaban J connectivity index is 4.40. The summed E-state index contributed by atoms with van der Waals surface area (Å²) < 4.78 is 17.4. The first-order valence-electron chi connectivity index (χ1n) is 30.4. The van der Waals surface area contributed by atoms with Crippen LogP contribution in [0.5, 0.6) is 0 Å². The van der Waals surface area contributed by atoms with Gasteiger partial charge in [-0.15, -0.1) is 0 Å². The lowest BCUT2D eigenvalue weighted by atomic mass is 10.1. The molecule has 412 valence electrons. The molecule has 0 aromatic carbocycles. The number of allylic oxidation sites excluding steroid dienone is 18. The van der Waals surface area contributed by atoms with Crippen molar-refractivity contribution in [2.45, 2.75) is 284 Å². The molecule has 1 atom stereocenters. The number of carbonyl (C=O) groups is 2. The highest BCUT2D eigenvalue weighted by molar-refractivity contribution is 5.70. The average molecular weight is 1000 g/mol. The number of hydrogen-bond acceptors (Lipinski definition) is 5. The van der Waals surface area contributed by atoms with Gasteiger partial charge in [0.05, 0.1) is 6.61 Å². The van der Waals surface area contributed by atoms with Gasteiger partial charge >= 0.3 is 11.9 Å². The van der Waals surface area contributed by atoms with E-state index in [1.807, 2.05) is 6.08 Å². The number of rotatable bonds is 55. The van der Waals surface area contributed by atoms with Gasteiger partial charge in [0.1, 0.15) is 6.61 Å². The summed E-state index contributed by atoms with van der Waals surface area (Å²) in [5.41, 5.74) is 0. The van der Waals surface area contributed by atoms with Crippen molar-refractivity contribution in [3.05, 3.63) is 109 Å². The summed E-state index contributed by atoms with van der Waals surface area (Å²) in [6.07, 6.45) is 85.6. The Morgan fingerprint density at radius 2 is 0.653 bits per heavy atom. The van der Waals surface area contributed by atoms with Crippen molar-refractivity contribution in [3.63, 3.8) is 0 Å². The molecule has 5 heteroatoms. The smallest absolute Gasteiger partial charge is 0.306 e. The number of carbonyl (C=O) groups excluding carboxylic acids is 2. The molecule has 0 aliphatic rings. The number of ether oxygens (including phenoxy) is 3.